The lowest BCUT2D eigenvalue weighted by atomic mass is 10.2. The first-order valence-corrected chi connectivity index (χ1v) is 8.46. The van der Waals surface area contributed by atoms with Gasteiger partial charge in [0.25, 0.3) is 0 Å². The molecule has 2 rings (SSSR count). The summed E-state index contributed by atoms with van der Waals surface area (Å²) >= 11 is 0. The highest BCUT2D eigenvalue weighted by atomic mass is 16.5. The van der Waals surface area contributed by atoms with Gasteiger partial charge in [0.05, 0.1) is 12.2 Å². The zero-order chi connectivity index (χ0) is 17.5. The van der Waals surface area contributed by atoms with Crippen LogP contribution in [-0.2, 0) is 11.3 Å². The van der Waals surface area contributed by atoms with Crippen LogP contribution in [0, 0.1) is 0 Å². The van der Waals surface area contributed by atoms with E-state index in [-0.39, 0.29) is 18.2 Å². The number of nitrogens with one attached hydrogen (secondary N) is 2. The summed E-state index contributed by atoms with van der Waals surface area (Å²) in [7, 11) is 3.89. The SMILES string of the molecule is C[C@@H]1CN(CCNC(=O)NCc2ccnc(N(C)C)c2)C[C@H](C)O1. The zero-order valence-corrected chi connectivity index (χ0v) is 15.1. The van der Waals surface area contributed by atoms with Crippen LogP contribution in [-0.4, -0.2) is 68.4 Å². The maximum Gasteiger partial charge on any atom is 0.315 e. The zero-order valence-electron chi connectivity index (χ0n) is 15.1. The first-order valence-electron chi connectivity index (χ1n) is 8.46. The Morgan fingerprint density at radius 3 is 2.71 bits per heavy atom. The molecule has 1 aromatic heterocycles. The van der Waals surface area contributed by atoms with Crippen molar-refractivity contribution in [3.63, 3.8) is 0 Å². The third kappa shape index (κ3) is 5.98. The van der Waals surface area contributed by atoms with Crippen molar-refractivity contribution in [1.82, 2.24) is 20.5 Å². The van der Waals surface area contributed by atoms with Crippen molar-refractivity contribution in [3.8, 4) is 0 Å². The Bertz CT molecular complexity index is 527. The van der Waals surface area contributed by atoms with E-state index in [4.69, 9.17) is 4.74 Å². The van der Waals surface area contributed by atoms with E-state index in [2.05, 4.69) is 34.4 Å². The second-order valence-electron chi connectivity index (χ2n) is 6.54. The maximum atomic E-state index is 11.9. The number of aromatic nitrogens is 1. The molecule has 0 saturated carbocycles. The van der Waals surface area contributed by atoms with Gasteiger partial charge in [-0.25, -0.2) is 9.78 Å². The normalized spacial score (nSPS) is 21.3. The number of carbonyl (C=O) groups is 1. The molecule has 0 unspecified atom stereocenters. The minimum Gasteiger partial charge on any atom is -0.373 e. The largest absolute Gasteiger partial charge is 0.373 e. The Morgan fingerprint density at radius 1 is 1.33 bits per heavy atom. The number of morpholine rings is 1. The lowest BCUT2D eigenvalue weighted by Crippen LogP contribution is -2.48. The summed E-state index contributed by atoms with van der Waals surface area (Å²) in [4.78, 5) is 20.4. The molecule has 2 atom stereocenters. The van der Waals surface area contributed by atoms with E-state index in [1.54, 1.807) is 6.20 Å². The molecule has 0 aromatic carbocycles. The average molecular weight is 335 g/mol. The molecule has 2 N–H and O–H groups in total. The molecule has 0 bridgehead atoms. The summed E-state index contributed by atoms with van der Waals surface area (Å²) in [5, 5.41) is 5.79. The molecular weight excluding hydrogens is 306 g/mol. The van der Waals surface area contributed by atoms with Gasteiger partial charge in [-0.3, -0.25) is 4.90 Å². The van der Waals surface area contributed by atoms with Gasteiger partial charge in [0, 0.05) is 53.0 Å². The van der Waals surface area contributed by atoms with Crippen LogP contribution in [0.15, 0.2) is 18.3 Å². The van der Waals surface area contributed by atoms with Crippen LogP contribution in [0.25, 0.3) is 0 Å². The number of nitrogens with zero attached hydrogens (tertiary/aromatic N) is 3. The van der Waals surface area contributed by atoms with Crippen LogP contribution in [0.4, 0.5) is 10.6 Å². The monoisotopic (exact) mass is 335 g/mol. The van der Waals surface area contributed by atoms with Gasteiger partial charge in [-0.1, -0.05) is 0 Å². The van der Waals surface area contributed by atoms with Crippen LogP contribution >= 0.6 is 0 Å². The Balaban J connectivity index is 1.67. The highest BCUT2D eigenvalue weighted by molar-refractivity contribution is 5.73. The van der Waals surface area contributed by atoms with Gasteiger partial charge >= 0.3 is 6.03 Å². The molecule has 134 valence electrons. The number of amides is 2. The second-order valence-corrected chi connectivity index (χ2v) is 6.54. The predicted molar refractivity (Wildman–Crippen MR) is 95.3 cm³/mol. The Hall–Kier alpha value is -1.86. The van der Waals surface area contributed by atoms with Crippen molar-refractivity contribution in [2.45, 2.75) is 32.6 Å². The van der Waals surface area contributed by atoms with E-state index in [0.717, 1.165) is 31.0 Å². The quantitative estimate of drug-likeness (QED) is 0.813. The molecule has 1 fully saturated rings. The first kappa shape index (κ1) is 18.5. The van der Waals surface area contributed by atoms with Crippen LogP contribution in [0.3, 0.4) is 0 Å². The number of hydrogen-bond acceptors (Lipinski definition) is 5. The first-order chi connectivity index (χ1) is 11.4. The Kier molecular flexibility index (Phi) is 6.81. The van der Waals surface area contributed by atoms with E-state index in [1.165, 1.54) is 0 Å². The number of rotatable bonds is 6. The molecule has 24 heavy (non-hydrogen) atoms. The number of ether oxygens (including phenoxy) is 1. The Morgan fingerprint density at radius 2 is 2.04 bits per heavy atom. The topological polar surface area (TPSA) is 69.7 Å². The number of urea groups is 1. The lowest BCUT2D eigenvalue weighted by Gasteiger charge is -2.35. The van der Waals surface area contributed by atoms with E-state index in [1.807, 2.05) is 31.1 Å². The maximum absolute atomic E-state index is 11.9. The summed E-state index contributed by atoms with van der Waals surface area (Å²) in [6.07, 6.45) is 2.26. The fourth-order valence-corrected chi connectivity index (χ4v) is 2.85. The predicted octanol–water partition coefficient (Wildman–Crippen LogP) is 1.06. The molecule has 7 heteroatoms. The third-order valence-corrected chi connectivity index (χ3v) is 3.93. The molecule has 0 aliphatic carbocycles. The molecule has 1 aliphatic rings. The van der Waals surface area contributed by atoms with Crippen molar-refractivity contribution < 1.29 is 9.53 Å². The van der Waals surface area contributed by atoms with Crippen molar-refractivity contribution in [3.05, 3.63) is 23.9 Å². The van der Waals surface area contributed by atoms with Crippen molar-refractivity contribution in [2.24, 2.45) is 0 Å². The fraction of sp³-hybridized carbons (Fsp3) is 0.647. The third-order valence-electron chi connectivity index (χ3n) is 3.93. The van der Waals surface area contributed by atoms with Gasteiger partial charge < -0.3 is 20.3 Å². The summed E-state index contributed by atoms with van der Waals surface area (Å²) in [5.41, 5.74) is 1.03. The van der Waals surface area contributed by atoms with Gasteiger partial charge in [0.15, 0.2) is 0 Å². The van der Waals surface area contributed by atoms with E-state index < -0.39 is 0 Å². The van der Waals surface area contributed by atoms with Crippen LogP contribution < -0.4 is 15.5 Å². The van der Waals surface area contributed by atoms with Crippen molar-refractivity contribution >= 4 is 11.8 Å². The molecular formula is C17H29N5O2. The van der Waals surface area contributed by atoms with Gasteiger partial charge in [0.1, 0.15) is 5.82 Å². The number of carbonyl (C=O) groups excluding carboxylic acids is 1. The van der Waals surface area contributed by atoms with Crippen molar-refractivity contribution in [1.29, 1.82) is 0 Å². The lowest BCUT2D eigenvalue weighted by molar-refractivity contribution is -0.0672. The summed E-state index contributed by atoms with van der Waals surface area (Å²) in [6.45, 7) is 7.95. The van der Waals surface area contributed by atoms with Gasteiger partial charge in [-0.15, -0.1) is 0 Å². The van der Waals surface area contributed by atoms with Crippen LogP contribution in [0.1, 0.15) is 19.4 Å². The fourth-order valence-electron chi connectivity index (χ4n) is 2.85. The molecule has 1 saturated heterocycles. The molecule has 2 heterocycles. The molecule has 1 aliphatic heterocycles. The van der Waals surface area contributed by atoms with Crippen molar-refractivity contribution in [2.75, 3.05) is 45.2 Å². The van der Waals surface area contributed by atoms with E-state index >= 15 is 0 Å². The van der Waals surface area contributed by atoms with Gasteiger partial charge in [-0.05, 0) is 31.5 Å². The molecule has 0 spiro atoms. The average Bonchev–Trinajstić information content (AvgIpc) is 2.52. The number of hydrogen-bond donors (Lipinski definition) is 2. The molecule has 2 amide bonds. The van der Waals surface area contributed by atoms with Crippen LogP contribution in [0.2, 0.25) is 0 Å². The van der Waals surface area contributed by atoms with E-state index in [0.29, 0.717) is 13.1 Å². The van der Waals surface area contributed by atoms with Gasteiger partial charge in [-0.2, -0.15) is 0 Å². The molecule has 1 aromatic rings. The Labute approximate surface area is 144 Å². The highest BCUT2D eigenvalue weighted by Crippen LogP contribution is 2.10. The van der Waals surface area contributed by atoms with E-state index in [9.17, 15) is 4.79 Å². The standard InChI is InChI=1S/C17H29N5O2/c1-13-11-22(12-14(2)24-13)8-7-19-17(23)20-10-15-5-6-18-16(9-15)21(3)4/h5-6,9,13-14H,7-8,10-12H2,1-4H3,(H2,19,20,23)/t13-,14+. The number of anilines is 1. The minimum absolute atomic E-state index is 0.146. The summed E-state index contributed by atoms with van der Waals surface area (Å²) in [5.74, 6) is 0.880. The van der Waals surface area contributed by atoms with Crippen LogP contribution in [0.5, 0.6) is 0 Å². The molecule has 7 nitrogen and oxygen atoms in total. The van der Waals surface area contributed by atoms with Gasteiger partial charge in [0.2, 0.25) is 0 Å². The second kappa shape index (κ2) is 8.84. The summed E-state index contributed by atoms with van der Waals surface area (Å²) in [6, 6.07) is 3.73. The number of pyridine rings is 1. The molecule has 0 radical (unpaired) electrons. The minimum atomic E-state index is -0.146. The summed E-state index contributed by atoms with van der Waals surface area (Å²) < 4.78 is 5.71. The highest BCUT2D eigenvalue weighted by Gasteiger charge is 2.21. The smallest absolute Gasteiger partial charge is 0.315 e.